The molecule has 2 amide bonds. The highest BCUT2D eigenvalue weighted by molar-refractivity contribution is 5.89. The number of piperazine rings is 1. The van der Waals surface area contributed by atoms with Gasteiger partial charge in [-0.15, -0.1) is 0 Å². The molecule has 1 aliphatic carbocycles. The van der Waals surface area contributed by atoms with E-state index in [0.717, 1.165) is 45.4 Å². The van der Waals surface area contributed by atoms with Gasteiger partial charge in [0.2, 0.25) is 11.8 Å². The summed E-state index contributed by atoms with van der Waals surface area (Å²) >= 11 is 0. The third kappa shape index (κ3) is 3.91. The van der Waals surface area contributed by atoms with Crippen LogP contribution in [0.1, 0.15) is 52.9 Å². The number of amides is 2. The van der Waals surface area contributed by atoms with Gasteiger partial charge in [0.25, 0.3) is 0 Å². The van der Waals surface area contributed by atoms with Crippen molar-refractivity contribution in [3.63, 3.8) is 0 Å². The SMILES string of the molecule is CC(C)CC(=O)N1C(C(=O)N2CCN(C)CC2)COC12CCCC(C)C2. The molecule has 0 aromatic carbocycles. The van der Waals surface area contributed by atoms with Gasteiger partial charge in [0, 0.05) is 32.6 Å². The molecule has 1 spiro atoms. The molecule has 0 aromatic rings. The lowest BCUT2D eigenvalue weighted by Gasteiger charge is -2.44. The summed E-state index contributed by atoms with van der Waals surface area (Å²) in [5, 5.41) is 0. The van der Waals surface area contributed by atoms with Crippen molar-refractivity contribution >= 4 is 11.8 Å². The summed E-state index contributed by atoms with van der Waals surface area (Å²) in [4.78, 5) is 32.4. The molecule has 0 bridgehead atoms. The lowest BCUT2D eigenvalue weighted by atomic mass is 9.83. The maximum Gasteiger partial charge on any atom is 0.247 e. The molecule has 2 heterocycles. The van der Waals surface area contributed by atoms with Crippen molar-refractivity contribution in [2.45, 2.75) is 64.6 Å². The summed E-state index contributed by atoms with van der Waals surface area (Å²) < 4.78 is 6.26. The van der Waals surface area contributed by atoms with Crippen molar-refractivity contribution in [2.75, 3.05) is 39.8 Å². The van der Waals surface area contributed by atoms with E-state index in [1.165, 1.54) is 6.42 Å². The lowest BCUT2D eigenvalue weighted by Crippen LogP contribution is -2.59. The standard InChI is InChI=1S/C20H35N3O3/c1-15(2)12-18(24)23-17(19(25)22-10-8-21(4)9-11-22)14-26-20(23)7-5-6-16(3)13-20/h15-17H,5-14H2,1-4H3. The molecule has 1 saturated carbocycles. The van der Waals surface area contributed by atoms with Crippen molar-refractivity contribution < 1.29 is 14.3 Å². The molecule has 26 heavy (non-hydrogen) atoms. The van der Waals surface area contributed by atoms with Crippen LogP contribution < -0.4 is 0 Å². The summed E-state index contributed by atoms with van der Waals surface area (Å²) in [5.41, 5.74) is -0.559. The second-order valence-corrected chi connectivity index (χ2v) is 8.96. The van der Waals surface area contributed by atoms with Crippen LogP contribution in [0.2, 0.25) is 0 Å². The maximum absolute atomic E-state index is 13.2. The Balaban J connectivity index is 1.81. The molecule has 3 unspecified atom stereocenters. The molecule has 0 aromatic heterocycles. The summed E-state index contributed by atoms with van der Waals surface area (Å²) in [5.74, 6) is 0.959. The molecule has 3 rings (SSSR count). The lowest BCUT2D eigenvalue weighted by molar-refractivity contribution is -0.165. The normalized spacial score (nSPS) is 33.3. The molecule has 3 atom stereocenters. The Morgan fingerprint density at radius 3 is 2.50 bits per heavy atom. The first kappa shape index (κ1) is 19.6. The highest BCUT2D eigenvalue weighted by Gasteiger charge is 2.54. The molecule has 3 fully saturated rings. The first-order chi connectivity index (χ1) is 12.3. The van der Waals surface area contributed by atoms with Crippen LogP contribution >= 0.6 is 0 Å². The summed E-state index contributed by atoms with van der Waals surface area (Å²) in [6, 6.07) is -0.449. The van der Waals surface area contributed by atoms with Gasteiger partial charge in [-0.05, 0) is 38.1 Å². The Bertz CT molecular complexity index is 530. The Labute approximate surface area is 157 Å². The number of carbonyl (C=O) groups excluding carboxylic acids is 2. The van der Waals surface area contributed by atoms with Crippen molar-refractivity contribution in [1.29, 1.82) is 0 Å². The molecule has 6 heteroatoms. The average molecular weight is 366 g/mol. The zero-order chi connectivity index (χ0) is 18.9. The number of rotatable bonds is 3. The second kappa shape index (κ2) is 7.85. The van der Waals surface area contributed by atoms with E-state index >= 15 is 0 Å². The van der Waals surface area contributed by atoms with Crippen molar-refractivity contribution in [3.05, 3.63) is 0 Å². The van der Waals surface area contributed by atoms with E-state index in [9.17, 15) is 9.59 Å². The van der Waals surface area contributed by atoms with Crippen LogP contribution in [-0.4, -0.2) is 78.1 Å². The number of ether oxygens (including phenoxy) is 1. The molecular formula is C20H35N3O3. The van der Waals surface area contributed by atoms with Crippen LogP contribution in [0.25, 0.3) is 0 Å². The fourth-order valence-electron chi connectivity index (χ4n) is 4.76. The first-order valence-corrected chi connectivity index (χ1v) is 10.3. The van der Waals surface area contributed by atoms with E-state index < -0.39 is 11.8 Å². The zero-order valence-corrected chi connectivity index (χ0v) is 16.9. The zero-order valence-electron chi connectivity index (χ0n) is 16.9. The van der Waals surface area contributed by atoms with Crippen LogP contribution in [0.15, 0.2) is 0 Å². The quantitative estimate of drug-likeness (QED) is 0.767. The summed E-state index contributed by atoms with van der Waals surface area (Å²) in [6.07, 6.45) is 4.42. The van der Waals surface area contributed by atoms with Crippen LogP contribution in [0, 0.1) is 11.8 Å². The highest BCUT2D eigenvalue weighted by atomic mass is 16.5. The van der Waals surface area contributed by atoms with Crippen LogP contribution in [0.4, 0.5) is 0 Å². The number of hydrogen-bond donors (Lipinski definition) is 0. The minimum absolute atomic E-state index is 0.0744. The van der Waals surface area contributed by atoms with Gasteiger partial charge >= 0.3 is 0 Å². The second-order valence-electron chi connectivity index (χ2n) is 8.96. The molecule has 2 saturated heterocycles. The molecule has 0 N–H and O–H groups in total. The molecule has 3 aliphatic rings. The van der Waals surface area contributed by atoms with E-state index in [-0.39, 0.29) is 17.7 Å². The van der Waals surface area contributed by atoms with E-state index in [0.29, 0.717) is 18.9 Å². The van der Waals surface area contributed by atoms with Crippen LogP contribution in [0.5, 0.6) is 0 Å². The van der Waals surface area contributed by atoms with E-state index in [2.05, 4.69) is 32.7 Å². The van der Waals surface area contributed by atoms with Gasteiger partial charge in [0.1, 0.15) is 11.8 Å². The van der Waals surface area contributed by atoms with E-state index in [1.807, 2.05) is 9.80 Å². The van der Waals surface area contributed by atoms with Gasteiger partial charge in [-0.25, -0.2) is 0 Å². The van der Waals surface area contributed by atoms with Crippen molar-refractivity contribution in [2.24, 2.45) is 11.8 Å². The fourth-order valence-corrected chi connectivity index (χ4v) is 4.76. The molecular weight excluding hydrogens is 330 g/mol. The monoisotopic (exact) mass is 365 g/mol. The van der Waals surface area contributed by atoms with Gasteiger partial charge in [-0.3, -0.25) is 14.5 Å². The highest BCUT2D eigenvalue weighted by Crippen LogP contribution is 2.43. The summed E-state index contributed by atoms with van der Waals surface area (Å²) in [7, 11) is 2.08. The van der Waals surface area contributed by atoms with Gasteiger partial charge in [0.05, 0.1) is 6.61 Å². The first-order valence-electron chi connectivity index (χ1n) is 10.3. The molecule has 2 aliphatic heterocycles. The van der Waals surface area contributed by atoms with Crippen LogP contribution in [-0.2, 0) is 14.3 Å². The number of carbonyl (C=O) groups is 2. The Morgan fingerprint density at radius 2 is 1.88 bits per heavy atom. The third-order valence-electron chi connectivity index (χ3n) is 6.14. The molecule has 0 radical (unpaired) electrons. The molecule has 148 valence electrons. The van der Waals surface area contributed by atoms with Crippen LogP contribution in [0.3, 0.4) is 0 Å². The molecule has 6 nitrogen and oxygen atoms in total. The van der Waals surface area contributed by atoms with Crippen molar-refractivity contribution in [1.82, 2.24) is 14.7 Å². The smallest absolute Gasteiger partial charge is 0.247 e. The third-order valence-corrected chi connectivity index (χ3v) is 6.14. The fraction of sp³-hybridized carbons (Fsp3) is 0.900. The van der Waals surface area contributed by atoms with E-state index in [4.69, 9.17) is 4.74 Å². The average Bonchev–Trinajstić information content (AvgIpc) is 2.92. The number of likely N-dealkylation sites (N-methyl/N-ethyl adjacent to an activating group) is 1. The van der Waals surface area contributed by atoms with E-state index in [1.54, 1.807) is 0 Å². The van der Waals surface area contributed by atoms with Gasteiger partial charge in [0.15, 0.2) is 0 Å². The number of nitrogens with zero attached hydrogens (tertiary/aromatic N) is 3. The van der Waals surface area contributed by atoms with Gasteiger partial charge in [-0.1, -0.05) is 27.2 Å². The van der Waals surface area contributed by atoms with Crippen molar-refractivity contribution in [3.8, 4) is 0 Å². The minimum Gasteiger partial charge on any atom is -0.353 e. The predicted molar refractivity (Wildman–Crippen MR) is 100 cm³/mol. The predicted octanol–water partition coefficient (Wildman–Crippen LogP) is 1.94. The Morgan fingerprint density at radius 1 is 1.19 bits per heavy atom. The maximum atomic E-state index is 13.2. The largest absolute Gasteiger partial charge is 0.353 e. The Kier molecular flexibility index (Phi) is 5.92. The minimum atomic E-state index is -0.559. The number of hydrogen-bond acceptors (Lipinski definition) is 4. The van der Waals surface area contributed by atoms with Gasteiger partial charge in [-0.2, -0.15) is 0 Å². The topological polar surface area (TPSA) is 53.1 Å². The Hall–Kier alpha value is -1.14. The van der Waals surface area contributed by atoms with Gasteiger partial charge < -0.3 is 14.5 Å². The summed E-state index contributed by atoms with van der Waals surface area (Å²) in [6.45, 7) is 9.95.